The van der Waals surface area contributed by atoms with E-state index in [1.807, 2.05) is 12.1 Å². The molecule has 7 heteroatoms. The Morgan fingerprint density at radius 1 is 1.15 bits per heavy atom. The van der Waals surface area contributed by atoms with Crippen LogP contribution in [0.1, 0.15) is 11.4 Å². The summed E-state index contributed by atoms with van der Waals surface area (Å²) in [6, 6.07) is 10.9. The number of benzene rings is 1. The monoisotopic (exact) mass is 293 g/mol. The molecular formula is C13H6ClF2N3O. The van der Waals surface area contributed by atoms with Crippen molar-refractivity contribution >= 4 is 11.6 Å². The van der Waals surface area contributed by atoms with Crippen molar-refractivity contribution in [1.29, 1.82) is 10.5 Å². The molecule has 0 saturated heterocycles. The van der Waals surface area contributed by atoms with E-state index < -0.39 is 5.57 Å². The van der Waals surface area contributed by atoms with Crippen molar-refractivity contribution in [2.45, 2.75) is 5.57 Å². The number of alkyl halides is 3. The predicted octanol–water partition coefficient (Wildman–Crippen LogP) is 3.59. The van der Waals surface area contributed by atoms with Crippen molar-refractivity contribution in [2.75, 3.05) is 0 Å². The molecule has 2 aromatic rings. The van der Waals surface area contributed by atoms with E-state index in [0.717, 1.165) is 0 Å². The van der Waals surface area contributed by atoms with Gasteiger partial charge in [-0.2, -0.15) is 10.5 Å². The van der Waals surface area contributed by atoms with Crippen molar-refractivity contribution in [3.8, 4) is 29.0 Å². The fourth-order valence-corrected chi connectivity index (χ4v) is 1.76. The highest BCUT2D eigenvalue weighted by Gasteiger charge is 2.27. The minimum absolute atomic E-state index is 0.108. The van der Waals surface area contributed by atoms with E-state index in [9.17, 15) is 8.78 Å². The van der Waals surface area contributed by atoms with Crippen LogP contribution in [0.3, 0.4) is 0 Å². The molecule has 2 rings (SSSR count). The van der Waals surface area contributed by atoms with Gasteiger partial charge in [0.05, 0.1) is 0 Å². The minimum Gasteiger partial charge on any atom is -0.420 e. The second-order valence-electron chi connectivity index (χ2n) is 3.77. The number of ether oxygens (including phenoxy) is 1. The van der Waals surface area contributed by atoms with Crippen LogP contribution in [0.2, 0.25) is 0 Å². The smallest absolute Gasteiger partial charge is 0.420 e. The maximum Gasteiger partial charge on any atom is 0.487 e. The van der Waals surface area contributed by atoms with Gasteiger partial charge in [-0.1, -0.05) is 12.1 Å². The maximum atomic E-state index is 12.5. The largest absolute Gasteiger partial charge is 0.487 e. The first kappa shape index (κ1) is 13.9. The first-order valence-corrected chi connectivity index (χ1v) is 5.70. The summed E-state index contributed by atoms with van der Waals surface area (Å²) in [4.78, 5) is 2.64. The number of hydrogen-bond donors (Lipinski definition) is 1. The van der Waals surface area contributed by atoms with Crippen LogP contribution in [0.15, 0.2) is 30.3 Å². The van der Waals surface area contributed by atoms with Gasteiger partial charge in [0.2, 0.25) is 0 Å². The van der Waals surface area contributed by atoms with E-state index in [2.05, 4.69) is 21.3 Å². The average Bonchev–Trinajstić information content (AvgIpc) is 2.81. The van der Waals surface area contributed by atoms with E-state index in [0.29, 0.717) is 11.1 Å². The van der Waals surface area contributed by atoms with Gasteiger partial charge in [0.1, 0.15) is 29.3 Å². The Hall–Kier alpha value is -2.57. The molecule has 1 aromatic heterocycles. The lowest BCUT2D eigenvalue weighted by Crippen LogP contribution is -2.15. The number of halogens is 3. The molecule has 20 heavy (non-hydrogen) atoms. The van der Waals surface area contributed by atoms with Crippen molar-refractivity contribution in [3.05, 3.63) is 41.7 Å². The van der Waals surface area contributed by atoms with Crippen LogP contribution in [0.5, 0.6) is 5.75 Å². The second kappa shape index (κ2) is 5.20. The minimum atomic E-state index is -3.78. The van der Waals surface area contributed by atoms with Gasteiger partial charge in [-0.25, -0.2) is 0 Å². The summed E-state index contributed by atoms with van der Waals surface area (Å²) in [5, 5.41) is 17.7. The highest BCUT2D eigenvalue weighted by atomic mass is 35.5. The Morgan fingerprint density at radius 3 is 2.30 bits per heavy atom. The Labute approximate surface area is 117 Å². The number of rotatable bonds is 3. The van der Waals surface area contributed by atoms with Gasteiger partial charge >= 0.3 is 5.57 Å². The fourth-order valence-electron chi connectivity index (χ4n) is 1.67. The number of nitrogens with zero attached hydrogens (tertiary/aromatic N) is 2. The van der Waals surface area contributed by atoms with Gasteiger partial charge in [0.15, 0.2) is 0 Å². The number of H-pyrrole nitrogens is 1. The Morgan fingerprint density at radius 2 is 1.80 bits per heavy atom. The standard InChI is InChI=1S/C13H6ClF2N3O/c14-13(15,16)20-10-3-1-8(2-4-10)11-5-9(6-17)19-12(11)7-18/h1-5,19H. The van der Waals surface area contributed by atoms with Gasteiger partial charge in [-0.3, -0.25) is 0 Å². The lowest BCUT2D eigenvalue weighted by Gasteiger charge is -2.10. The van der Waals surface area contributed by atoms with Crippen molar-refractivity contribution in [2.24, 2.45) is 0 Å². The maximum absolute atomic E-state index is 12.5. The first-order chi connectivity index (χ1) is 9.43. The molecule has 0 bridgehead atoms. The molecule has 0 amide bonds. The average molecular weight is 294 g/mol. The molecule has 100 valence electrons. The van der Waals surface area contributed by atoms with Crippen molar-refractivity contribution in [3.63, 3.8) is 0 Å². The second-order valence-corrected chi connectivity index (χ2v) is 4.21. The van der Waals surface area contributed by atoms with Crippen LogP contribution in [0.4, 0.5) is 8.78 Å². The quantitative estimate of drug-likeness (QED) is 0.879. The number of nitriles is 2. The molecule has 0 aliphatic carbocycles. The molecule has 0 spiro atoms. The normalized spacial score (nSPS) is 10.7. The fraction of sp³-hybridized carbons (Fsp3) is 0.0769. The third-order valence-electron chi connectivity index (χ3n) is 2.45. The number of aromatic nitrogens is 1. The molecule has 0 aliphatic heterocycles. The van der Waals surface area contributed by atoms with E-state index >= 15 is 0 Å². The van der Waals surface area contributed by atoms with Crippen LogP contribution < -0.4 is 4.74 Å². The molecule has 0 fully saturated rings. The molecule has 0 saturated carbocycles. The van der Waals surface area contributed by atoms with Crippen molar-refractivity contribution in [1.82, 2.24) is 4.98 Å². The third-order valence-corrected chi connectivity index (χ3v) is 2.53. The molecule has 1 N–H and O–H groups in total. The van der Waals surface area contributed by atoms with E-state index in [4.69, 9.17) is 10.5 Å². The van der Waals surface area contributed by atoms with Gasteiger partial charge in [0.25, 0.3) is 0 Å². The first-order valence-electron chi connectivity index (χ1n) is 5.32. The van der Waals surface area contributed by atoms with Gasteiger partial charge in [-0.15, -0.1) is 8.78 Å². The summed E-state index contributed by atoms with van der Waals surface area (Å²) in [7, 11) is 0. The highest BCUT2D eigenvalue weighted by Crippen LogP contribution is 2.29. The van der Waals surface area contributed by atoms with Crippen LogP contribution >= 0.6 is 11.6 Å². The van der Waals surface area contributed by atoms with Crippen LogP contribution in [0.25, 0.3) is 11.1 Å². The zero-order valence-corrected chi connectivity index (χ0v) is 10.6. The lowest BCUT2D eigenvalue weighted by atomic mass is 10.1. The van der Waals surface area contributed by atoms with Crippen molar-refractivity contribution < 1.29 is 13.5 Å². The summed E-state index contributed by atoms with van der Waals surface area (Å²) in [6.07, 6.45) is 0. The topological polar surface area (TPSA) is 72.6 Å². The summed E-state index contributed by atoms with van der Waals surface area (Å²) in [5.74, 6) is -0.108. The van der Waals surface area contributed by atoms with Crippen LogP contribution in [-0.4, -0.2) is 10.6 Å². The van der Waals surface area contributed by atoms with Gasteiger partial charge in [-0.05, 0) is 23.8 Å². The van der Waals surface area contributed by atoms with Crippen LogP contribution in [0, 0.1) is 22.7 Å². The highest BCUT2D eigenvalue weighted by molar-refractivity contribution is 6.20. The van der Waals surface area contributed by atoms with E-state index in [1.165, 1.54) is 30.3 Å². The Balaban J connectivity index is 2.34. The molecule has 1 aromatic carbocycles. The summed E-state index contributed by atoms with van der Waals surface area (Å²) < 4.78 is 29.1. The summed E-state index contributed by atoms with van der Waals surface area (Å²) in [6.45, 7) is 0. The van der Waals surface area contributed by atoms with Gasteiger partial charge < -0.3 is 9.72 Å². The SMILES string of the molecule is N#Cc1cc(-c2ccc(OC(F)(F)Cl)cc2)c(C#N)[nH]1. The predicted molar refractivity (Wildman–Crippen MR) is 67.1 cm³/mol. The zero-order valence-electron chi connectivity index (χ0n) is 9.82. The zero-order chi connectivity index (χ0) is 14.8. The number of nitrogens with one attached hydrogen (secondary N) is 1. The molecule has 4 nitrogen and oxygen atoms in total. The van der Waals surface area contributed by atoms with E-state index in [-0.39, 0.29) is 17.1 Å². The van der Waals surface area contributed by atoms with Crippen LogP contribution in [-0.2, 0) is 0 Å². The number of hydrogen-bond acceptors (Lipinski definition) is 3. The molecule has 0 aliphatic rings. The molecule has 0 atom stereocenters. The Bertz CT molecular complexity index is 705. The molecule has 0 unspecified atom stereocenters. The van der Waals surface area contributed by atoms with E-state index in [1.54, 1.807) is 0 Å². The third kappa shape index (κ3) is 3.05. The summed E-state index contributed by atoms with van der Waals surface area (Å²) >= 11 is 4.65. The Kier molecular flexibility index (Phi) is 3.60. The molecule has 1 heterocycles. The van der Waals surface area contributed by atoms with Gasteiger partial charge in [0, 0.05) is 17.2 Å². The number of aromatic amines is 1. The molecule has 0 radical (unpaired) electrons. The lowest BCUT2D eigenvalue weighted by molar-refractivity contribution is -0.0964. The summed E-state index contributed by atoms with van der Waals surface area (Å²) in [5.41, 5.74) is -2.22. The molecular weight excluding hydrogens is 288 g/mol.